The average Bonchev–Trinajstić information content (AvgIpc) is 3.00. The molecule has 0 fully saturated rings. The van der Waals surface area contributed by atoms with Crippen molar-refractivity contribution in [3.8, 4) is 5.75 Å². The standard InChI is InChI=1S/C16H17N3O2/c17-19-16(20)13-4-6-14(18-9-13)10-21-15-7-5-11-2-1-3-12(11)8-15/h4-9H,1-3,10,17H2,(H,19,20). The third-order valence-electron chi connectivity index (χ3n) is 3.67. The molecule has 1 aromatic heterocycles. The van der Waals surface area contributed by atoms with Gasteiger partial charge in [-0.2, -0.15) is 0 Å². The van der Waals surface area contributed by atoms with Gasteiger partial charge in [-0.25, -0.2) is 5.84 Å². The zero-order valence-electron chi connectivity index (χ0n) is 11.6. The third kappa shape index (κ3) is 3.03. The monoisotopic (exact) mass is 283 g/mol. The Balaban J connectivity index is 1.63. The van der Waals surface area contributed by atoms with Crippen LogP contribution in [0.15, 0.2) is 36.5 Å². The summed E-state index contributed by atoms with van der Waals surface area (Å²) in [7, 11) is 0. The van der Waals surface area contributed by atoms with Crippen LogP contribution in [0.25, 0.3) is 0 Å². The summed E-state index contributed by atoms with van der Waals surface area (Å²) in [5.41, 5.74) is 6.08. The first kappa shape index (κ1) is 13.6. The number of aryl methyl sites for hydroxylation is 2. The molecular formula is C16H17N3O2. The molecule has 1 heterocycles. The van der Waals surface area contributed by atoms with E-state index in [1.54, 1.807) is 12.1 Å². The molecule has 0 saturated heterocycles. The second kappa shape index (κ2) is 5.93. The third-order valence-corrected chi connectivity index (χ3v) is 3.67. The number of ether oxygens (including phenoxy) is 1. The zero-order valence-corrected chi connectivity index (χ0v) is 11.6. The topological polar surface area (TPSA) is 77.2 Å². The van der Waals surface area contributed by atoms with Crippen molar-refractivity contribution >= 4 is 5.91 Å². The fourth-order valence-electron chi connectivity index (χ4n) is 2.52. The van der Waals surface area contributed by atoms with Crippen LogP contribution in [-0.4, -0.2) is 10.9 Å². The molecule has 0 saturated carbocycles. The lowest BCUT2D eigenvalue weighted by Crippen LogP contribution is -2.30. The summed E-state index contributed by atoms with van der Waals surface area (Å²) in [6, 6.07) is 9.69. The number of fused-ring (bicyclic) bond motifs is 1. The predicted molar refractivity (Wildman–Crippen MR) is 78.7 cm³/mol. The molecule has 21 heavy (non-hydrogen) atoms. The maximum Gasteiger partial charge on any atom is 0.266 e. The van der Waals surface area contributed by atoms with E-state index >= 15 is 0 Å². The van der Waals surface area contributed by atoms with Crippen LogP contribution in [0, 0.1) is 0 Å². The number of hydrazine groups is 1. The van der Waals surface area contributed by atoms with Gasteiger partial charge in [0.2, 0.25) is 0 Å². The van der Waals surface area contributed by atoms with Crippen LogP contribution >= 0.6 is 0 Å². The molecule has 1 amide bonds. The fourth-order valence-corrected chi connectivity index (χ4v) is 2.52. The van der Waals surface area contributed by atoms with E-state index in [2.05, 4.69) is 22.5 Å². The molecule has 3 rings (SSSR count). The average molecular weight is 283 g/mol. The first-order valence-corrected chi connectivity index (χ1v) is 6.97. The Morgan fingerprint density at radius 3 is 2.86 bits per heavy atom. The highest BCUT2D eigenvalue weighted by molar-refractivity contribution is 5.93. The number of carbonyl (C=O) groups is 1. The van der Waals surface area contributed by atoms with E-state index in [1.165, 1.54) is 30.2 Å². The molecule has 0 spiro atoms. The van der Waals surface area contributed by atoms with Gasteiger partial charge in [0.1, 0.15) is 12.4 Å². The molecule has 108 valence electrons. The van der Waals surface area contributed by atoms with Crippen LogP contribution in [0.3, 0.4) is 0 Å². The number of nitrogens with one attached hydrogen (secondary N) is 1. The number of nitrogen functional groups attached to an aromatic ring is 1. The number of pyridine rings is 1. The summed E-state index contributed by atoms with van der Waals surface area (Å²) >= 11 is 0. The summed E-state index contributed by atoms with van der Waals surface area (Å²) in [5, 5.41) is 0. The maximum atomic E-state index is 11.3. The minimum Gasteiger partial charge on any atom is -0.487 e. The Hall–Kier alpha value is -2.40. The number of nitrogens with two attached hydrogens (primary N) is 1. The maximum absolute atomic E-state index is 11.3. The van der Waals surface area contributed by atoms with Crippen molar-refractivity contribution in [3.63, 3.8) is 0 Å². The number of aromatic nitrogens is 1. The van der Waals surface area contributed by atoms with Crippen molar-refractivity contribution in [1.82, 2.24) is 10.4 Å². The van der Waals surface area contributed by atoms with Gasteiger partial charge in [0.25, 0.3) is 5.91 Å². The normalized spacial score (nSPS) is 12.8. The smallest absolute Gasteiger partial charge is 0.266 e. The molecule has 0 radical (unpaired) electrons. The van der Waals surface area contributed by atoms with Gasteiger partial charge in [-0.3, -0.25) is 15.2 Å². The molecule has 0 aliphatic heterocycles. The van der Waals surface area contributed by atoms with Crippen LogP contribution in [0.4, 0.5) is 0 Å². The number of amides is 1. The number of nitrogens with zero attached hydrogens (tertiary/aromatic N) is 1. The van der Waals surface area contributed by atoms with Gasteiger partial charge >= 0.3 is 0 Å². The summed E-state index contributed by atoms with van der Waals surface area (Å²) in [6.07, 6.45) is 5.02. The van der Waals surface area contributed by atoms with E-state index in [4.69, 9.17) is 10.6 Å². The molecule has 0 atom stereocenters. The minimum absolute atomic E-state index is 0.353. The number of rotatable bonds is 4. The summed E-state index contributed by atoms with van der Waals surface area (Å²) in [5.74, 6) is 5.58. The Labute approximate surface area is 123 Å². The highest BCUT2D eigenvalue weighted by Gasteiger charge is 2.11. The van der Waals surface area contributed by atoms with Crippen LogP contribution in [-0.2, 0) is 19.4 Å². The Bertz CT molecular complexity index is 653. The molecule has 2 aromatic rings. The van der Waals surface area contributed by atoms with Crippen molar-refractivity contribution in [2.75, 3.05) is 0 Å². The van der Waals surface area contributed by atoms with Crippen molar-refractivity contribution in [2.45, 2.75) is 25.9 Å². The number of benzene rings is 1. The van der Waals surface area contributed by atoms with Gasteiger partial charge in [0.05, 0.1) is 11.3 Å². The fraction of sp³-hybridized carbons (Fsp3) is 0.250. The number of hydrogen-bond acceptors (Lipinski definition) is 4. The summed E-state index contributed by atoms with van der Waals surface area (Å²) in [6.45, 7) is 0.378. The van der Waals surface area contributed by atoms with E-state index in [0.29, 0.717) is 12.2 Å². The first-order chi connectivity index (χ1) is 10.3. The van der Waals surface area contributed by atoms with Crippen LogP contribution in [0.5, 0.6) is 5.75 Å². The number of hydrogen-bond donors (Lipinski definition) is 2. The molecule has 1 aliphatic rings. The van der Waals surface area contributed by atoms with Crippen molar-refractivity contribution in [1.29, 1.82) is 0 Å². The second-order valence-electron chi connectivity index (χ2n) is 5.08. The van der Waals surface area contributed by atoms with Crippen LogP contribution in [0.2, 0.25) is 0 Å². The van der Waals surface area contributed by atoms with Crippen molar-refractivity contribution in [2.24, 2.45) is 5.84 Å². The largest absolute Gasteiger partial charge is 0.487 e. The quantitative estimate of drug-likeness (QED) is 0.509. The Kier molecular flexibility index (Phi) is 3.83. The van der Waals surface area contributed by atoms with Crippen molar-refractivity contribution in [3.05, 3.63) is 58.9 Å². The predicted octanol–water partition coefficient (Wildman–Crippen LogP) is 1.75. The molecular weight excluding hydrogens is 266 g/mol. The Morgan fingerprint density at radius 2 is 2.10 bits per heavy atom. The molecule has 3 N–H and O–H groups in total. The van der Waals surface area contributed by atoms with Gasteiger partial charge in [0.15, 0.2) is 0 Å². The highest BCUT2D eigenvalue weighted by Crippen LogP contribution is 2.26. The van der Waals surface area contributed by atoms with Crippen molar-refractivity contribution < 1.29 is 9.53 Å². The Morgan fingerprint density at radius 1 is 1.24 bits per heavy atom. The van der Waals surface area contributed by atoms with E-state index in [0.717, 1.165) is 17.9 Å². The minimum atomic E-state index is -0.353. The van der Waals surface area contributed by atoms with Gasteiger partial charge in [-0.15, -0.1) is 0 Å². The molecule has 0 unspecified atom stereocenters. The van der Waals surface area contributed by atoms with Gasteiger partial charge in [-0.1, -0.05) is 6.07 Å². The lowest BCUT2D eigenvalue weighted by Gasteiger charge is -2.08. The molecule has 5 heteroatoms. The van der Waals surface area contributed by atoms with Gasteiger partial charge in [-0.05, 0) is 54.7 Å². The van der Waals surface area contributed by atoms with Crippen LogP contribution < -0.4 is 16.0 Å². The van der Waals surface area contributed by atoms with E-state index in [-0.39, 0.29) is 5.91 Å². The molecule has 1 aliphatic carbocycles. The highest BCUT2D eigenvalue weighted by atomic mass is 16.5. The summed E-state index contributed by atoms with van der Waals surface area (Å²) in [4.78, 5) is 15.5. The van der Waals surface area contributed by atoms with Gasteiger partial charge < -0.3 is 4.74 Å². The zero-order chi connectivity index (χ0) is 14.7. The van der Waals surface area contributed by atoms with E-state index < -0.39 is 0 Å². The molecule has 5 nitrogen and oxygen atoms in total. The lowest BCUT2D eigenvalue weighted by atomic mass is 10.1. The van der Waals surface area contributed by atoms with Crippen LogP contribution in [0.1, 0.15) is 33.6 Å². The first-order valence-electron chi connectivity index (χ1n) is 6.97. The van der Waals surface area contributed by atoms with E-state index in [1.807, 2.05) is 6.07 Å². The molecule has 1 aromatic carbocycles. The lowest BCUT2D eigenvalue weighted by molar-refractivity contribution is 0.0953. The number of carbonyl (C=O) groups excluding carboxylic acids is 1. The summed E-state index contributed by atoms with van der Waals surface area (Å²) < 4.78 is 5.76. The molecule has 0 bridgehead atoms. The SMILES string of the molecule is NNC(=O)c1ccc(COc2ccc3c(c2)CCC3)nc1. The second-order valence-corrected chi connectivity index (χ2v) is 5.08. The van der Waals surface area contributed by atoms with E-state index in [9.17, 15) is 4.79 Å². The van der Waals surface area contributed by atoms with Gasteiger partial charge in [0, 0.05) is 6.20 Å².